The van der Waals surface area contributed by atoms with Crippen LogP contribution in [0.15, 0.2) is 102 Å². The Morgan fingerprint density at radius 3 is 1.80 bits per heavy atom. The zero-order valence-electron chi connectivity index (χ0n) is 54.0. The molecule has 0 spiro atoms. The number of phenols is 1. The van der Waals surface area contributed by atoms with Crippen LogP contribution in [0.3, 0.4) is 0 Å². The van der Waals surface area contributed by atoms with Gasteiger partial charge in [-0.05, 0) is 116 Å². The number of likely N-dealkylation sites (tertiary alicyclic amines) is 1. The second-order valence-electron chi connectivity index (χ2n) is 26.2. The first-order valence-corrected chi connectivity index (χ1v) is 32.7. The number of guanidine groups is 1. The van der Waals surface area contributed by atoms with Gasteiger partial charge in [0.05, 0.1) is 37.0 Å². The van der Waals surface area contributed by atoms with Gasteiger partial charge < -0.3 is 62.8 Å². The number of hydrogen-bond donors (Lipinski definition) is 11. The molecular formula is C70H90N12O12. The fourth-order valence-electron chi connectivity index (χ4n) is 12.8. The van der Waals surface area contributed by atoms with Crippen LogP contribution in [0.25, 0.3) is 21.8 Å². The van der Waals surface area contributed by atoms with E-state index >= 15 is 9.59 Å². The van der Waals surface area contributed by atoms with Crippen molar-refractivity contribution >= 4 is 86.2 Å². The number of amides is 5. The molecule has 24 heteroatoms. The van der Waals surface area contributed by atoms with Gasteiger partial charge in [-0.3, -0.25) is 52.9 Å². The van der Waals surface area contributed by atoms with Crippen LogP contribution in [0.1, 0.15) is 127 Å². The minimum atomic E-state index is -1.61. The highest BCUT2D eigenvalue weighted by Crippen LogP contribution is 2.28. The molecule has 8 rings (SSSR count). The number of carbonyl (C=O) groups excluding carboxylic acids is 10. The van der Waals surface area contributed by atoms with E-state index < -0.39 is 120 Å². The quantitative estimate of drug-likeness (QED) is 0.0139. The number of aliphatic hydroxyl groups excluding tert-OH is 1. The Morgan fingerprint density at radius 2 is 1.22 bits per heavy atom. The van der Waals surface area contributed by atoms with Gasteiger partial charge in [0, 0.05) is 117 Å². The average molecular weight is 1290 g/mol. The molecule has 6 aromatic rings. The number of rotatable bonds is 36. The highest BCUT2D eigenvalue weighted by molar-refractivity contribution is 5.99. The molecule has 502 valence electrons. The van der Waals surface area contributed by atoms with Crippen molar-refractivity contribution in [2.24, 2.45) is 52.0 Å². The highest BCUT2D eigenvalue weighted by atomic mass is 16.3. The molecule has 2 fully saturated rings. The molecular weight excluding hydrogens is 1200 g/mol. The molecule has 5 amide bonds. The molecule has 3 aromatic heterocycles. The number of Topliss-reactive ketones (excluding diaryl/α,β-unsaturated/α-hetero) is 5. The van der Waals surface area contributed by atoms with Crippen molar-refractivity contribution in [3.05, 3.63) is 120 Å². The molecule has 94 heavy (non-hydrogen) atoms. The maximum atomic E-state index is 15.2. The summed E-state index contributed by atoms with van der Waals surface area (Å²) >= 11 is 0. The maximum Gasteiger partial charge on any atom is 0.245 e. The van der Waals surface area contributed by atoms with Crippen LogP contribution >= 0.6 is 0 Å². The van der Waals surface area contributed by atoms with Crippen molar-refractivity contribution in [3.63, 3.8) is 0 Å². The zero-order valence-corrected chi connectivity index (χ0v) is 54.0. The largest absolute Gasteiger partial charge is 0.508 e. The number of H-pyrrole nitrogens is 3. The Hall–Kier alpha value is -9.32. The molecule has 4 heterocycles. The average Bonchev–Trinajstić information content (AvgIpc) is 1.66. The second kappa shape index (κ2) is 33.5. The van der Waals surface area contributed by atoms with Gasteiger partial charge in [0.15, 0.2) is 29.1 Å². The van der Waals surface area contributed by atoms with E-state index in [1.54, 1.807) is 17.0 Å². The summed E-state index contributed by atoms with van der Waals surface area (Å²) in [5, 5.41) is 34.3. The molecule has 24 nitrogen and oxygen atoms in total. The number of hydrogen-bond acceptors (Lipinski definition) is 14. The Bertz CT molecular complexity index is 3600. The number of fused-ring (bicyclic) bond motifs is 2. The van der Waals surface area contributed by atoms with E-state index in [4.69, 9.17) is 11.5 Å². The van der Waals surface area contributed by atoms with Gasteiger partial charge in [0.2, 0.25) is 29.5 Å². The summed E-state index contributed by atoms with van der Waals surface area (Å²) in [4.78, 5) is 162. The molecule has 9 atom stereocenters. The Balaban J connectivity index is 1.05. The fraction of sp³-hybridized carbons (Fsp3) is 0.486. The number of para-hydroxylation sites is 2. The molecule has 1 saturated heterocycles. The van der Waals surface area contributed by atoms with Crippen LogP contribution in [0.2, 0.25) is 0 Å². The third-order valence-corrected chi connectivity index (χ3v) is 17.7. The third-order valence-electron chi connectivity index (χ3n) is 17.7. The smallest absolute Gasteiger partial charge is 0.245 e. The van der Waals surface area contributed by atoms with Crippen LogP contribution in [-0.2, 0) is 73.6 Å². The number of nitrogens with one attached hydrogen (secondary N) is 7. The van der Waals surface area contributed by atoms with Gasteiger partial charge >= 0.3 is 0 Å². The number of aliphatic hydroxyl groups is 1. The van der Waals surface area contributed by atoms with Crippen LogP contribution < -0.4 is 32.7 Å². The number of ketones is 5. The van der Waals surface area contributed by atoms with Gasteiger partial charge in [-0.2, -0.15) is 0 Å². The third kappa shape index (κ3) is 20.1. The van der Waals surface area contributed by atoms with Crippen LogP contribution in [0.5, 0.6) is 5.75 Å². The summed E-state index contributed by atoms with van der Waals surface area (Å²) in [7, 11) is 0. The first kappa shape index (κ1) is 70.5. The first-order chi connectivity index (χ1) is 45.0. The van der Waals surface area contributed by atoms with Gasteiger partial charge in [-0.1, -0.05) is 76.2 Å². The van der Waals surface area contributed by atoms with Crippen molar-refractivity contribution in [2.75, 3.05) is 19.7 Å². The minimum Gasteiger partial charge on any atom is -0.508 e. The summed E-state index contributed by atoms with van der Waals surface area (Å²) in [6.45, 7) is 7.22. The van der Waals surface area contributed by atoms with Crippen LogP contribution in [0.4, 0.5) is 0 Å². The number of aromatic nitrogens is 4. The number of nitrogens with two attached hydrogens (primary N) is 2. The van der Waals surface area contributed by atoms with Crippen LogP contribution in [-0.4, -0.2) is 149 Å². The fourth-order valence-corrected chi connectivity index (χ4v) is 12.8. The number of aromatic hydroxyl groups is 1. The normalized spacial score (nSPS) is 17.1. The summed E-state index contributed by atoms with van der Waals surface area (Å²) in [6, 6.07) is 18.7. The molecule has 0 bridgehead atoms. The summed E-state index contributed by atoms with van der Waals surface area (Å²) < 4.78 is 0. The number of benzene rings is 3. The zero-order chi connectivity index (χ0) is 67.6. The Labute approximate surface area is 546 Å². The van der Waals surface area contributed by atoms with E-state index in [0.717, 1.165) is 21.8 Å². The highest BCUT2D eigenvalue weighted by Gasteiger charge is 2.40. The van der Waals surface area contributed by atoms with Gasteiger partial charge in [0.25, 0.3) is 0 Å². The molecule has 2 aliphatic rings. The first-order valence-electron chi connectivity index (χ1n) is 32.7. The molecule has 1 saturated carbocycles. The van der Waals surface area contributed by atoms with Gasteiger partial charge in [-0.25, -0.2) is 4.98 Å². The Morgan fingerprint density at radius 1 is 0.660 bits per heavy atom. The van der Waals surface area contributed by atoms with E-state index in [9.17, 15) is 48.6 Å². The monoisotopic (exact) mass is 1290 g/mol. The van der Waals surface area contributed by atoms with E-state index in [2.05, 4.69) is 46.2 Å². The number of carbonyl (C=O) groups is 10. The van der Waals surface area contributed by atoms with Gasteiger partial charge in [0.1, 0.15) is 23.6 Å². The van der Waals surface area contributed by atoms with Gasteiger partial charge in [-0.15, -0.1) is 0 Å². The van der Waals surface area contributed by atoms with Crippen molar-refractivity contribution in [2.45, 2.75) is 161 Å². The molecule has 3 aromatic carbocycles. The lowest BCUT2D eigenvalue weighted by Gasteiger charge is -2.30. The topological polar surface area (TPSA) is 387 Å². The predicted molar refractivity (Wildman–Crippen MR) is 353 cm³/mol. The van der Waals surface area contributed by atoms with Crippen molar-refractivity contribution in [1.82, 2.24) is 46.1 Å². The molecule has 1 aliphatic carbocycles. The summed E-state index contributed by atoms with van der Waals surface area (Å²) in [5.41, 5.74) is 14.9. The SMILES string of the molecule is CC(C)CC(=O)[C@@H]1CCCN1C(=O)[C@H](CCCN=C(N)N)NC(=O)[C@@H](CC(=O)[C@@H](Cc1cc2ccccc2[nH]1)NC(=O)[C@@H](CC(=O)[C@H](CO)NC(=O)[C@@H](CC(=O)[C@H](Cc1cnc[nH]1)NC(=O)[C@@H]1CCC(=O)C1)Cc1cc2ccccc2[nH]1)Cc1ccc(O)cc1)CC(C)C. The molecule has 0 unspecified atom stereocenters. The summed E-state index contributed by atoms with van der Waals surface area (Å²) in [5.74, 6) is -9.31. The number of imidazole rings is 1. The van der Waals surface area contributed by atoms with Crippen molar-refractivity contribution < 1.29 is 58.2 Å². The van der Waals surface area contributed by atoms with Crippen molar-refractivity contribution in [3.8, 4) is 5.75 Å². The summed E-state index contributed by atoms with van der Waals surface area (Å²) in [6.07, 6.45) is 3.89. The van der Waals surface area contributed by atoms with E-state index in [1.165, 1.54) is 24.7 Å². The second-order valence-corrected chi connectivity index (χ2v) is 26.2. The maximum absolute atomic E-state index is 15.2. The lowest BCUT2D eigenvalue weighted by molar-refractivity contribution is -0.142. The van der Waals surface area contributed by atoms with Crippen LogP contribution in [0, 0.1) is 35.5 Å². The number of aromatic amines is 3. The standard InChI is InChI=1S/C70H90N12O12/c1-40(2)25-46(66(91)78-56(15-9-23-74-70(71)72)69(94)82-24-10-16-60(82)64(89)26-41(3)4)32-61(86)57(35-50-29-44-12-6-8-14-55(44)77-50)80-67(92)47(27-42-17-20-52(84)21-18-42)33-63(88)59(38-83)81-68(93)48(30-49-28-43-11-5-7-13-54(43)76-49)34-62(87)58(36-51-37-73-39-75-51)79-65(90)45-19-22-53(85)31-45/h5-8,11-14,17-18,20-21,28-29,37,39-41,45-48,56-60,76-77,83-84H,9-10,15-16,19,22-27,30-36,38H2,1-4H3,(H,73,75)(H,78,91)(H,79,90)(H,80,92)(H,81,93)(H4,71,72,74)/t45-,46-,47-,48-,56+,57-,58+,59+,60+/m1/s1. The lowest BCUT2D eigenvalue weighted by Crippen LogP contribution is -2.53. The van der Waals surface area contributed by atoms with E-state index in [0.29, 0.717) is 54.9 Å². The number of nitrogens with zero attached hydrogens (tertiary/aromatic N) is 3. The number of aliphatic imine (C=N–C) groups is 1. The molecule has 13 N–H and O–H groups in total. The van der Waals surface area contributed by atoms with Crippen molar-refractivity contribution in [1.29, 1.82) is 0 Å². The number of phenolic OH excluding ortho intramolecular Hbond substituents is 1. The minimum absolute atomic E-state index is 0.00844. The predicted octanol–water partition coefficient (Wildman–Crippen LogP) is 5.08. The Kier molecular flexibility index (Phi) is 25.1. The van der Waals surface area contributed by atoms with E-state index in [-0.39, 0.29) is 106 Å². The lowest BCUT2D eigenvalue weighted by atomic mass is 9.87. The van der Waals surface area contributed by atoms with E-state index in [1.807, 2.05) is 88.4 Å². The molecule has 1 aliphatic heterocycles. The molecule has 0 radical (unpaired) electrons.